The Morgan fingerprint density at radius 1 is 0.872 bits per heavy atom. The summed E-state index contributed by atoms with van der Waals surface area (Å²) in [6, 6.07) is 17.8. The number of hydrogen-bond donors (Lipinski definition) is 1. The summed E-state index contributed by atoms with van der Waals surface area (Å²) in [5.41, 5.74) is 1.48. The van der Waals surface area contributed by atoms with Crippen molar-refractivity contribution in [1.29, 1.82) is 0 Å². The molecule has 0 aliphatic carbocycles. The molecule has 0 bridgehead atoms. The number of halogens is 4. The molecule has 0 spiro atoms. The molecule has 0 aliphatic heterocycles. The predicted molar refractivity (Wildman–Crippen MR) is 158 cm³/mol. The first kappa shape index (κ1) is 31.0. The molecule has 208 valence electrons. The summed E-state index contributed by atoms with van der Waals surface area (Å²) in [6.07, 6.45) is 1.15. The van der Waals surface area contributed by atoms with Crippen molar-refractivity contribution in [2.24, 2.45) is 0 Å². The number of rotatable bonds is 11. The molecule has 39 heavy (non-hydrogen) atoms. The van der Waals surface area contributed by atoms with Crippen molar-refractivity contribution in [3.05, 3.63) is 97.9 Å². The lowest BCUT2D eigenvalue weighted by Gasteiger charge is -2.33. The number of sulfonamides is 1. The molecule has 0 aliphatic rings. The maximum absolute atomic E-state index is 14.0. The van der Waals surface area contributed by atoms with Gasteiger partial charge in [-0.1, -0.05) is 88.9 Å². The Bertz CT molecular complexity index is 1440. The lowest BCUT2D eigenvalue weighted by atomic mass is 10.0. The summed E-state index contributed by atoms with van der Waals surface area (Å²) < 4.78 is 26.6. The third-order valence-corrected chi connectivity index (χ3v) is 8.19. The van der Waals surface area contributed by atoms with Gasteiger partial charge in [0.2, 0.25) is 21.8 Å². The van der Waals surface area contributed by atoms with Gasteiger partial charge in [0.25, 0.3) is 0 Å². The summed E-state index contributed by atoms with van der Waals surface area (Å²) in [5.74, 6) is -1.01. The van der Waals surface area contributed by atoms with Crippen LogP contribution in [0.1, 0.15) is 18.1 Å². The zero-order valence-electron chi connectivity index (χ0n) is 21.2. The maximum atomic E-state index is 14.0. The van der Waals surface area contributed by atoms with E-state index in [1.54, 1.807) is 31.2 Å². The van der Waals surface area contributed by atoms with Gasteiger partial charge in [0.05, 0.1) is 27.0 Å². The second kappa shape index (κ2) is 13.7. The highest BCUT2D eigenvalue weighted by atomic mass is 35.5. The quantitative estimate of drug-likeness (QED) is 0.270. The van der Waals surface area contributed by atoms with E-state index in [2.05, 4.69) is 5.32 Å². The minimum absolute atomic E-state index is 0.000730. The number of benzene rings is 3. The Morgan fingerprint density at radius 2 is 1.51 bits per heavy atom. The first-order chi connectivity index (χ1) is 18.4. The highest BCUT2D eigenvalue weighted by molar-refractivity contribution is 7.92. The molecule has 3 aromatic rings. The number of carbonyl (C=O) groups excluding carboxylic acids is 2. The van der Waals surface area contributed by atoms with E-state index in [9.17, 15) is 18.0 Å². The molecule has 1 N–H and O–H groups in total. The largest absolute Gasteiger partial charge is 0.355 e. The van der Waals surface area contributed by atoms with Crippen molar-refractivity contribution >= 4 is 73.9 Å². The van der Waals surface area contributed by atoms with E-state index in [4.69, 9.17) is 46.4 Å². The summed E-state index contributed by atoms with van der Waals surface area (Å²) in [4.78, 5) is 28.6. The first-order valence-electron chi connectivity index (χ1n) is 11.9. The van der Waals surface area contributed by atoms with Crippen LogP contribution in [0.5, 0.6) is 0 Å². The lowest BCUT2D eigenvalue weighted by molar-refractivity contribution is -0.140. The molecule has 0 saturated heterocycles. The molecule has 7 nitrogen and oxygen atoms in total. The molecule has 0 saturated carbocycles. The zero-order valence-corrected chi connectivity index (χ0v) is 25.0. The predicted octanol–water partition coefficient (Wildman–Crippen LogP) is 5.84. The first-order valence-corrected chi connectivity index (χ1v) is 15.2. The Labute approximate surface area is 248 Å². The molecule has 0 fully saturated rings. The van der Waals surface area contributed by atoms with Gasteiger partial charge in [-0.25, -0.2) is 8.42 Å². The van der Waals surface area contributed by atoms with Crippen molar-refractivity contribution in [1.82, 2.24) is 10.2 Å². The van der Waals surface area contributed by atoms with Crippen LogP contribution in [0.4, 0.5) is 5.69 Å². The van der Waals surface area contributed by atoms with E-state index in [0.29, 0.717) is 17.1 Å². The highest BCUT2D eigenvalue weighted by Crippen LogP contribution is 2.35. The molecular weight excluding hydrogens is 604 g/mol. The van der Waals surface area contributed by atoms with Crippen molar-refractivity contribution in [2.45, 2.75) is 25.9 Å². The Balaban J connectivity index is 2.08. The summed E-state index contributed by atoms with van der Waals surface area (Å²) in [7, 11) is -4.02. The van der Waals surface area contributed by atoms with Gasteiger partial charge in [-0.2, -0.15) is 0 Å². The third kappa shape index (κ3) is 8.50. The van der Waals surface area contributed by atoms with E-state index < -0.39 is 28.5 Å². The molecule has 0 aromatic heterocycles. The Morgan fingerprint density at radius 3 is 2.13 bits per heavy atom. The molecule has 1 atom stereocenters. The molecule has 12 heteroatoms. The minimum Gasteiger partial charge on any atom is -0.355 e. The van der Waals surface area contributed by atoms with Gasteiger partial charge in [-0.05, 0) is 42.3 Å². The van der Waals surface area contributed by atoms with Gasteiger partial charge in [0.15, 0.2) is 0 Å². The van der Waals surface area contributed by atoms with Gasteiger partial charge in [0.1, 0.15) is 12.6 Å². The van der Waals surface area contributed by atoms with Crippen molar-refractivity contribution < 1.29 is 18.0 Å². The molecule has 2 amide bonds. The minimum atomic E-state index is -4.02. The normalized spacial score (nSPS) is 12.1. The topological polar surface area (TPSA) is 86.8 Å². The number of nitrogens with zero attached hydrogens (tertiary/aromatic N) is 2. The fourth-order valence-corrected chi connectivity index (χ4v) is 5.74. The van der Waals surface area contributed by atoms with Crippen LogP contribution in [0.2, 0.25) is 20.1 Å². The second-order valence-corrected chi connectivity index (χ2v) is 12.3. The fraction of sp³-hybridized carbons (Fsp3) is 0.259. The third-order valence-electron chi connectivity index (χ3n) is 5.80. The SMILES string of the molecule is CCNC(=O)[C@@H](Cc1ccccc1)N(Cc1cccc(Cl)c1)C(=O)CN(c1cc(Cl)c(Cl)cc1Cl)S(C)(=O)=O. The number of anilines is 1. The van der Waals surface area contributed by atoms with E-state index in [1.807, 2.05) is 30.3 Å². The van der Waals surface area contributed by atoms with Crippen LogP contribution in [0, 0.1) is 0 Å². The van der Waals surface area contributed by atoms with Gasteiger partial charge >= 0.3 is 0 Å². The summed E-state index contributed by atoms with van der Waals surface area (Å²) >= 11 is 24.7. The second-order valence-electron chi connectivity index (χ2n) is 8.74. The number of likely N-dealkylation sites (N-methyl/N-ethyl adjacent to an activating group) is 1. The van der Waals surface area contributed by atoms with Crippen LogP contribution < -0.4 is 9.62 Å². The monoisotopic (exact) mass is 629 g/mol. The average Bonchev–Trinajstić information content (AvgIpc) is 2.87. The van der Waals surface area contributed by atoms with Gasteiger partial charge in [-0.15, -0.1) is 0 Å². The van der Waals surface area contributed by atoms with E-state index >= 15 is 0 Å². The van der Waals surface area contributed by atoms with Gasteiger partial charge < -0.3 is 10.2 Å². The molecule has 0 unspecified atom stereocenters. The van der Waals surface area contributed by atoms with Crippen LogP contribution >= 0.6 is 46.4 Å². The zero-order chi connectivity index (χ0) is 28.7. The van der Waals surface area contributed by atoms with Crippen LogP contribution in [0.15, 0.2) is 66.7 Å². The molecule has 0 radical (unpaired) electrons. The van der Waals surface area contributed by atoms with Gasteiger partial charge in [-0.3, -0.25) is 13.9 Å². The van der Waals surface area contributed by atoms with E-state index in [0.717, 1.165) is 16.1 Å². The van der Waals surface area contributed by atoms with Crippen molar-refractivity contribution in [3.8, 4) is 0 Å². The molecule has 3 rings (SSSR count). The van der Waals surface area contributed by atoms with Crippen LogP contribution in [0.3, 0.4) is 0 Å². The summed E-state index contributed by atoms with van der Waals surface area (Å²) in [6.45, 7) is 1.48. The van der Waals surface area contributed by atoms with Gasteiger partial charge in [0, 0.05) is 24.5 Å². The number of nitrogens with one attached hydrogen (secondary N) is 1. The standard InChI is InChI=1S/C27H27Cl4N3O4S/c1-3-32-27(36)25(13-18-8-5-4-6-9-18)33(16-19-10-7-11-20(28)12-19)26(35)17-34(39(2,37)38)24-15-22(30)21(29)14-23(24)31/h4-12,14-15,25H,3,13,16-17H2,1-2H3,(H,32,36)/t25-/m1/s1. The number of carbonyl (C=O) groups is 2. The highest BCUT2D eigenvalue weighted by Gasteiger charge is 2.33. The van der Waals surface area contributed by atoms with E-state index in [-0.39, 0.29) is 39.6 Å². The molecule has 3 aromatic carbocycles. The van der Waals surface area contributed by atoms with Crippen molar-refractivity contribution in [3.63, 3.8) is 0 Å². The maximum Gasteiger partial charge on any atom is 0.244 e. The Kier molecular flexibility index (Phi) is 10.9. The van der Waals surface area contributed by atoms with Crippen molar-refractivity contribution in [2.75, 3.05) is 23.7 Å². The Hall–Kier alpha value is -2.49. The smallest absolute Gasteiger partial charge is 0.244 e. The van der Waals surface area contributed by atoms with E-state index in [1.165, 1.54) is 17.0 Å². The molecule has 0 heterocycles. The summed E-state index contributed by atoms with van der Waals surface area (Å²) in [5, 5.41) is 3.44. The van der Waals surface area contributed by atoms with Crippen LogP contribution in [-0.4, -0.2) is 50.5 Å². The average molecular weight is 631 g/mol. The number of amides is 2. The lowest BCUT2D eigenvalue weighted by Crippen LogP contribution is -2.53. The van der Waals surface area contributed by atoms with Crippen LogP contribution in [0.25, 0.3) is 0 Å². The molecular formula is C27H27Cl4N3O4S. The number of hydrogen-bond acceptors (Lipinski definition) is 4. The van der Waals surface area contributed by atoms with Crippen LogP contribution in [-0.2, 0) is 32.6 Å². The fourth-order valence-electron chi connectivity index (χ4n) is 3.98.